The highest BCUT2D eigenvalue weighted by Crippen LogP contribution is 2.35. The Morgan fingerprint density at radius 2 is 2.29 bits per heavy atom. The van der Waals surface area contributed by atoms with Gasteiger partial charge >= 0.3 is 0 Å². The summed E-state index contributed by atoms with van der Waals surface area (Å²) in [5, 5.41) is 20.6. The van der Waals surface area contributed by atoms with Gasteiger partial charge in [-0.1, -0.05) is 31.7 Å². The number of amides is 1. The molecule has 0 saturated carbocycles. The molecular weight excluding hydrogens is 396 g/mol. The van der Waals surface area contributed by atoms with E-state index in [1.165, 1.54) is 11.8 Å². The fourth-order valence-corrected chi connectivity index (χ4v) is 4.54. The summed E-state index contributed by atoms with van der Waals surface area (Å²) in [4.78, 5) is 14.1. The van der Waals surface area contributed by atoms with E-state index in [9.17, 15) is 4.79 Å². The third-order valence-electron chi connectivity index (χ3n) is 4.20. The number of carbonyl (C=O) groups excluding carboxylic acids is 1. The van der Waals surface area contributed by atoms with Crippen molar-refractivity contribution in [2.45, 2.75) is 38.0 Å². The molecule has 146 valence electrons. The van der Waals surface area contributed by atoms with Crippen LogP contribution in [0.1, 0.15) is 36.9 Å². The van der Waals surface area contributed by atoms with E-state index in [0.717, 1.165) is 10.6 Å². The second-order valence-electron chi connectivity index (χ2n) is 6.82. The maximum absolute atomic E-state index is 13.0. The van der Waals surface area contributed by atoms with Crippen molar-refractivity contribution >= 4 is 34.7 Å². The molecule has 10 heteroatoms. The first-order chi connectivity index (χ1) is 13.6. The molecule has 28 heavy (non-hydrogen) atoms. The summed E-state index contributed by atoms with van der Waals surface area (Å²) in [6.07, 6.45) is 2.25. The predicted octanol–water partition coefficient (Wildman–Crippen LogP) is 3.45. The number of tetrazole rings is 1. The lowest BCUT2D eigenvalue weighted by Crippen LogP contribution is -2.28. The highest BCUT2D eigenvalue weighted by atomic mass is 32.2. The van der Waals surface area contributed by atoms with Gasteiger partial charge in [-0.15, -0.1) is 16.4 Å². The van der Waals surface area contributed by atoms with Gasteiger partial charge in [0.1, 0.15) is 11.5 Å². The first-order valence-electron chi connectivity index (χ1n) is 8.97. The number of furan rings is 1. The van der Waals surface area contributed by atoms with E-state index in [4.69, 9.17) is 4.42 Å². The Hall–Kier alpha value is -2.46. The summed E-state index contributed by atoms with van der Waals surface area (Å²) in [7, 11) is 0. The summed E-state index contributed by atoms with van der Waals surface area (Å²) in [5.41, 5.74) is 0.784. The largest absolute Gasteiger partial charge is 0.463 e. The Balaban J connectivity index is 1.50. The van der Waals surface area contributed by atoms with Gasteiger partial charge in [-0.2, -0.15) is 5.10 Å². The number of nitrogens with zero attached hydrogens (tertiary/aromatic N) is 6. The maximum Gasteiger partial charge on any atom is 0.253 e. The van der Waals surface area contributed by atoms with Gasteiger partial charge in [0.2, 0.25) is 5.16 Å². The molecule has 0 saturated heterocycles. The van der Waals surface area contributed by atoms with Crippen LogP contribution in [-0.4, -0.2) is 42.6 Å². The van der Waals surface area contributed by atoms with Crippen LogP contribution < -0.4 is 0 Å². The predicted molar refractivity (Wildman–Crippen MR) is 107 cm³/mol. The zero-order valence-electron chi connectivity index (χ0n) is 15.6. The number of hydrogen-bond donors (Lipinski definition) is 0. The standard InChI is InChI=1S/C18H20N6O2S2/c1-12(2)10-23-18(19-21-22-23)28-11-17(25)24-14(16-6-4-8-27-16)9-13(20-24)15-5-3-7-26-15/h3-8,12,14H,9-11H2,1-2H3. The molecule has 1 amide bonds. The Labute approximate surface area is 170 Å². The molecule has 0 spiro atoms. The first kappa shape index (κ1) is 18.9. The van der Waals surface area contributed by atoms with Gasteiger partial charge in [-0.3, -0.25) is 4.79 Å². The molecule has 4 rings (SSSR count). The van der Waals surface area contributed by atoms with Crippen molar-refractivity contribution in [1.29, 1.82) is 0 Å². The molecular formula is C18H20N6O2S2. The summed E-state index contributed by atoms with van der Waals surface area (Å²) >= 11 is 2.96. The van der Waals surface area contributed by atoms with E-state index in [-0.39, 0.29) is 17.7 Å². The maximum atomic E-state index is 13.0. The van der Waals surface area contributed by atoms with Gasteiger partial charge in [-0.25, -0.2) is 9.69 Å². The third-order valence-corrected chi connectivity index (χ3v) is 6.12. The van der Waals surface area contributed by atoms with Crippen molar-refractivity contribution in [3.8, 4) is 0 Å². The lowest BCUT2D eigenvalue weighted by molar-refractivity contribution is -0.130. The monoisotopic (exact) mass is 416 g/mol. The van der Waals surface area contributed by atoms with Crippen LogP contribution in [-0.2, 0) is 11.3 Å². The number of rotatable bonds is 7. The molecule has 1 atom stereocenters. The molecule has 8 nitrogen and oxygen atoms in total. The normalized spacial score (nSPS) is 16.8. The molecule has 3 aromatic heterocycles. The number of hydrogen-bond acceptors (Lipinski definition) is 8. The van der Waals surface area contributed by atoms with Crippen LogP contribution in [0, 0.1) is 5.92 Å². The molecule has 0 N–H and O–H groups in total. The second kappa shape index (κ2) is 8.27. The minimum absolute atomic E-state index is 0.0796. The molecule has 0 bridgehead atoms. The van der Waals surface area contributed by atoms with Crippen molar-refractivity contribution in [2.75, 3.05) is 5.75 Å². The summed E-state index contributed by atoms with van der Waals surface area (Å²) in [6.45, 7) is 4.91. The molecule has 0 radical (unpaired) electrons. The van der Waals surface area contributed by atoms with E-state index in [1.807, 2.05) is 29.6 Å². The molecule has 0 fully saturated rings. The lowest BCUT2D eigenvalue weighted by atomic mass is 10.1. The quantitative estimate of drug-likeness (QED) is 0.548. The van der Waals surface area contributed by atoms with Gasteiger partial charge < -0.3 is 4.42 Å². The minimum Gasteiger partial charge on any atom is -0.463 e. The van der Waals surface area contributed by atoms with Crippen molar-refractivity contribution in [3.63, 3.8) is 0 Å². The zero-order valence-corrected chi connectivity index (χ0v) is 17.2. The van der Waals surface area contributed by atoms with E-state index in [0.29, 0.717) is 29.8 Å². The average molecular weight is 417 g/mol. The van der Waals surface area contributed by atoms with E-state index >= 15 is 0 Å². The average Bonchev–Trinajstić information content (AvgIpc) is 3.46. The summed E-state index contributed by atoms with van der Waals surface area (Å²) in [6, 6.07) is 7.61. The van der Waals surface area contributed by atoms with Gasteiger partial charge in [0.05, 0.1) is 18.1 Å². The Bertz CT molecular complexity index is 949. The van der Waals surface area contributed by atoms with E-state index < -0.39 is 0 Å². The Kier molecular flexibility index (Phi) is 5.58. The number of carbonyl (C=O) groups is 1. The topological polar surface area (TPSA) is 89.4 Å². The second-order valence-corrected chi connectivity index (χ2v) is 8.75. The highest BCUT2D eigenvalue weighted by molar-refractivity contribution is 7.99. The fraction of sp³-hybridized carbons (Fsp3) is 0.389. The Morgan fingerprint density at radius 1 is 1.39 bits per heavy atom. The first-order valence-corrected chi connectivity index (χ1v) is 10.8. The summed E-state index contributed by atoms with van der Waals surface area (Å²) in [5.74, 6) is 1.25. The van der Waals surface area contributed by atoms with Gasteiger partial charge in [0, 0.05) is 17.8 Å². The van der Waals surface area contributed by atoms with E-state index in [2.05, 4.69) is 34.5 Å². The minimum atomic E-state index is -0.111. The van der Waals surface area contributed by atoms with Crippen molar-refractivity contribution in [2.24, 2.45) is 11.0 Å². The smallest absolute Gasteiger partial charge is 0.253 e. The SMILES string of the molecule is CC(C)Cn1nnnc1SCC(=O)N1N=C(c2ccco2)CC1c1cccs1. The van der Waals surface area contributed by atoms with E-state index in [1.54, 1.807) is 27.3 Å². The third kappa shape index (κ3) is 4.02. The van der Waals surface area contributed by atoms with Crippen LogP contribution in [0.5, 0.6) is 0 Å². The van der Waals surface area contributed by atoms with Crippen LogP contribution >= 0.6 is 23.1 Å². The number of hydrazone groups is 1. The van der Waals surface area contributed by atoms with Crippen molar-refractivity contribution in [1.82, 2.24) is 25.2 Å². The molecule has 3 aromatic rings. The number of aromatic nitrogens is 4. The lowest BCUT2D eigenvalue weighted by Gasteiger charge is -2.20. The van der Waals surface area contributed by atoms with Gasteiger partial charge in [-0.05, 0) is 39.9 Å². The highest BCUT2D eigenvalue weighted by Gasteiger charge is 2.34. The van der Waals surface area contributed by atoms with Crippen LogP contribution in [0.25, 0.3) is 0 Å². The zero-order chi connectivity index (χ0) is 19.5. The Morgan fingerprint density at radius 3 is 3.00 bits per heavy atom. The fourth-order valence-electron chi connectivity index (χ4n) is 2.99. The molecule has 1 aliphatic rings. The van der Waals surface area contributed by atoms with Gasteiger partial charge in [0.25, 0.3) is 5.91 Å². The van der Waals surface area contributed by atoms with Crippen molar-refractivity contribution in [3.05, 3.63) is 46.5 Å². The molecule has 0 aromatic carbocycles. The number of thioether (sulfide) groups is 1. The molecule has 1 unspecified atom stereocenters. The molecule has 4 heterocycles. The molecule has 1 aliphatic heterocycles. The number of thiophene rings is 1. The summed E-state index contributed by atoms with van der Waals surface area (Å²) < 4.78 is 7.22. The van der Waals surface area contributed by atoms with Crippen LogP contribution in [0.3, 0.4) is 0 Å². The van der Waals surface area contributed by atoms with Crippen LogP contribution in [0.2, 0.25) is 0 Å². The molecule has 0 aliphatic carbocycles. The van der Waals surface area contributed by atoms with Gasteiger partial charge in [0.15, 0.2) is 0 Å². The van der Waals surface area contributed by atoms with Crippen LogP contribution in [0.4, 0.5) is 0 Å². The van der Waals surface area contributed by atoms with Crippen molar-refractivity contribution < 1.29 is 9.21 Å². The van der Waals surface area contributed by atoms with Crippen LogP contribution in [0.15, 0.2) is 50.6 Å².